The van der Waals surface area contributed by atoms with Crippen LogP contribution in [0, 0.1) is 0 Å². The third-order valence-corrected chi connectivity index (χ3v) is 1.65. The highest BCUT2D eigenvalue weighted by Crippen LogP contribution is 2.26. The number of benzene rings is 1. The predicted octanol–water partition coefficient (Wildman–Crippen LogP) is 3.42. The van der Waals surface area contributed by atoms with Gasteiger partial charge in [0, 0.05) is 0 Å². The molecule has 1 aromatic heterocycles. The van der Waals surface area contributed by atoms with Gasteiger partial charge in [-0.2, -0.15) is 0 Å². The van der Waals surface area contributed by atoms with E-state index in [9.17, 15) is 0 Å². The van der Waals surface area contributed by atoms with Crippen LogP contribution in [0.15, 0.2) is 54.7 Å². The summed E-state index contributed by atoms with van der Waals surface area (Å²) >= 11 is 0. The largest absolute Gasteiger partial charge is 0.443 e. The minimum Gasteiger partial charge on any atom is -0.443 e. The van der Waals surface area contributed by atoms with Crippen LogP contribution in [0.2, 0.25) is 0 Å². The number of hydrogen-bond donors (Lipinski definition) is 0. The van der Waals surface area contributed by atoms with Crippen molar-refractivity contribution in [3.05, 3.63) is 60.0 Å². The average molecular weight is 169 g/mol. The molecule has 13 heavy (non-hydrogen) atoms. The van der Waals surface area contributed by atoms with E-state index in [1.165, 1.54) is 0 Å². The smallest absolute Gasteiger partial charge is 0.0415 e. The summed E-state index contributed by atoms with van der Waals surface area (Å²) in [6.45, 7) is 0. The third-order valence-electron chi connectivity index (χ3n) is 1.65. The molecule has 0 N–H and O–H groups in total. The lowest BCUT2D eigenvalue weighted by atomic mass is 10.3. The van der Waals surface area contributed by atoms with Gasteiger partial charge in [0.05, 0.1) is 0 Å². The Hall–Kier alpha value is -1.83. The van der Waals surface area contributed by atoms with Crippen LogP contribution in [0.1, 0.15) is 0 Å². The molecule has 0 saturated heterocycles. The maximum atomic E-state index is 4.33. The van der Waals surface area contributed by atoms with Crippen LogP contribution in [0.4, 0.5) is 11.5 Å². The highest BCUT2D eigenvalue weighted by atomic mass is 15.0. The fraction of sp³-hybridized carbons (Fsp3) is 0. The summed E-state index contributed by atoms with van der Waals surface area (Å²) in [5, 5.41) is 4.33. The molecule has 0 aliphatic heterocycles. The van der Waals surface area contributed by atoms with Gasteiger partial charge in [0.25, 0.3) is 0 Å². The molecule has 0 atom stereocenters. The highest BCUT2D eigenvalue weighted by molar-refractivity contribution is 5.61. The van der Waals surface area contributed by atoms with Crippen LogP contribution in [-0.4, -0.2) is 4.98 Å². The number of hydrogen-bond acceptors (Lipinski definition) is 1. The maximum absolute atomic E-state index is 4.33. The fourth-order valence-electron chi connectivity index (χ4n) is 1.05. The van der Waals surface area contributed by atoms with Gasteiger partial charge in [0.15, 0.2) is 0 Å². The van der Waals surface area contributed by atoms with Gasteiger partial charge in [-0.05, 0) is 5.69 Å². The third kappa shape index (κ3) is 2.06. The number of nitrogens with zero attached hydrogens (tertiary/aromatic N) is 2. The van der Waals surface area contributed by atoms with Gasteiger partial charge < -0.3 is 10.3 Å². The van der Waals surface area contributed by atoms with E-state index < -0.39 is 0 Å². The lowest BCUT2D eigenvalue weighted by Gasteiger charge is -2.13. The molecule has 1 aromatic carbocycles. The van der Waals surface area contributed by atoms with Crippen molar-refractivity contribution < 1.29 is 0 Å². The fourth-order valence-corrected chi connectivity index (χ4v) is 1.05. The van der Waals surface area contributed by atoms with Crippen molar-refractivity contribution in [2.24, 2.45) is 0 Å². The zero-order valence-electron chi connectivity index (χ0n) is 7.09. The van der Waals surface area contributed by atoms with E-state index in [1.54, 1.807) is 6.20 Å². The Labute approximate surface area is 77.3 Å². The number of aromatic nitrogens is 1. The molecular formula is C11H9N2-. The molecule has 0 fully saturated rings. The van der Waals surface area contributed by atoms with Crippen molar-refractivity contribution in [1.82, 2.24) is 4.98 Å². The van der Waals surface area contributed by atoms with Crippen molar-refractivity contribution in [2.45, 2.75) is 0 Å². The minimum atomic E-state index is 0.744. The van der Waals surface area contributed by atoms with E-state index in [0.717, 1.165) is 11.5 Å². The first kappa shape index (κ1) is 7.80. The van der Waals surface area contributed by atoms with E-state index in [-0.39, 0.29) is 0 Å². The van der Waals surface area contributed by atoms with Crippen molar-refractivity contribution >= 4 is 11.5 Å². The molecule has 0 amide bonds. The molecule has 2 nitrogen and oxygen atoms in total. The van der Waals surface area contributed by atoms with Gasteiger partial charge in [-0.3, -0.25) is 0 Å². The molecule has 64 valence electrons. The second-order valence-electron chi connectivity index (χ2n) is 2.64. The Morgan fingerprint density at radius 1 is 0.846 bits per heavy atom. The molecule has 2 aromatic rings. The average Bonchev–Trinajstić information content (AvgIpc) is 2.21. The number of para-hydroxylation sites is 1. The van der Waals surface area contributed by atoms with Crippen LogP contribution >= 0.6 is 0 Å². The van der Waals surface area contributed by atoms with Gasteiger partial charge in [-0.25, -0.2) is 0 Å². The quantitative estimate of drug-likeness (QED) is 0.676. The molecule has 0 aliphatic rings. The van der Waals surface area contributed by atoms with Crippen molar-refractivity contribution in [3.63, 3.8) is 0 Å². The van der Waals surface area contributed by atoms with Crippen LogP contribution < -0.4 is 0 Å². The van der Waals surface area contributed by atoms with Gasteiger partial charge in [-0.15, -0.1) is 0 Å². The first-order valence-electron chi connectivity index (χ1n) is 4.13. The summed E-state index contributed by atoms with van der Waals surface area (Å²) in [4.78, 5) is 4.11. The highest BCUT2D eigenvalue weighted by Gasteiger charge is 1.82. The van der Waals surface area contributed by atoms with E-state index in [4.69, 9.17) is 0 Å². The van der Waals surface area contributed by atoms with E-state index in [1.807, 2.05) is 48.5 Å². The second-order valence-corrected chi connectivity index (χ2v) is 2.64. The van der Waals surface area contributed by atoms with Gasteiger partial charge >= 0.3 is 0 Å². The molecule has 2 heteroatoms. The second kappa shape index (κ2) is 3.72. The zero-order valence-corrected chi connectivity index (χ0v) is 7.09. The topological polar surface area (TPSA) is 27.0 Å². The normalized spacial score (nSPS) is 9.54. The molecule has 0 saturated carbocycles. The number of pyridine rings is 1. The molecule has 0 radical (unpaired) electrons. The Balaban J connectivity index is 2.16. The van der Waals surface area contributed by atoms with Crippen LogP contribution in [0.5, 0.6) is 0 Å². The molecule has 0 aliphatic carbocycles. The Morgan fingerprint density at radius 2 is 1.62 bits per heavy atom. The van der Waals surface area contributed by atoms with E-state index >= 15 is 0 Å². The lowest BCUT2D eigenvalue weighted by Crippen LogP contribution is -1.72. The first-order chi connectivity index (χ1) is 6.45. The summed E-state index contributed by atoms with van der Waals surface area (Å²) in [5.74, 6) is 0.744. The molecule has 0 unspecified atom stereocenters. The van der Waals surface area contributed by atoms with Gasteiger partial charge in [-0.1, -0.05) is 60.5 Å². The Morgan fingerprint density at radius 3 is 2.31 bits per heavy atom. The summed E-state index contributed by atoms with van der Waals surface area (Å²) in [7, 11) is 0. The van der Waals surface area contributed by atoms with Gasteiger partial charge in [0.1, 0.15) is 0 Å². The zero-order chi connectivity index (χ0) is 8.93. The first-order valence-corrected chi connectivity index (χ1v) is 4.13. The van der Waals surface area contributed by atoms with Gasteiger partial charge in [0.2, 0.25) is 0 Å². The standard InChI is InChI=1S/C11H9N2/c1-2-6-10(7-3-1)13-11-8-4-5-9-12-11/h1-9H/q-1. The van der Waals surface area contributed by atoms with Crippen molar-refractivity contribution in [2.75, 3.05) is 0 Å². The summed E-state index contributed by atoms with van der Waals surface area (Å²) in [5.41, 5.74) is 0.932. The predicted molar refractivity (Wildman–Crippen MR) is 53.4 cm³/mol. The summed E-state index contributed by atoms with van der Waals surface area (Å²) < 4.78 is 0. The lowest BCUT2D eigenvalue weighted by molar-refractivity contribution is 1.34. The SMILES string of the molecule is c1ccc([N-]c2ccccn2)cc1. The van der Waals surface area contributed by atoms with Crippen molar-refractivity contribution in [3.8, 4) is 0 Å². The maximum Gasteiger partial charge on any atom is -0.0415 e. The van der Waals surface area contributed by atoms with Crippen LogP contribution in [0.3, 0.4) is 0 Å². The Bertz CT molecular complexity index is 319. The molecule has 0 spiro atoms. The van der Waals surface area contributed by atoms with Crippen LogP contribution in [0.25, 0.3) is 5.32 Å². The monoisotopic (exact) mass is 169 g/mol. The Kier molecular flexibility index (Phi) is 2.23. The van der Waals surface area contributed by atoms with Crippen molar-refractivity contribution in [1.29, 1.82) is 0 Å². The van der Waals surface area contributed by atoms with Crippen LogP contribution in [-0.2, 0) is 0 Å². The molecule has 1 heterocycles. The molecule has 2 rings (SSSR count). The molecule has 0 bridgehead atoms. The summed E-state index contributed by atoms with van der Waals surface area (Å²) in [6, 6.07) is 15.5. The summed E-state index contributed by atoms with van der Waals surface area (Å²) in [6.07, 6.45) is 1.74. The van der Waals surface area contributed by atoms with E-state index in [2.05, 4.69) is 10.3 Å². The minimum absolute atomic E-state index is 0.744. The molecular weight excluding hydrogens is 160 g/mol. The number of rotatable bonds is 2. The van der Waals surface area contributed by atoms with E-state index in [0.29, 0.717) is 0 Å².